The molecule has 2 aliphatic rings. The van der Waals surface area contributed by atoms with Gasteiger partial charge in [-0.05, 0) is 61.0 Å². The lowest BCUT2D eigenvalue weighted by Crippen LogP contribution is -2.56. The number of hydrogen-bond acceptors (Lipinski definition) is 1. The van der Waals surface area contributed by atoms with Crippen LogP contribution >= 0.6 is 0 Å². The number of likely N-dealkylation sites (tertiary alicyclic amines) is 1. The number of halogens is 1. The highest BCUT2D eigenvalue weighted by molar-refractivity contribution is 5.40. The minimum absolute atomic E-state index is 0.0884. The number of likely N-dealkylation sites (N-methyl/N-ethyl adjacent to an activating group) is 1. The lowest BCUT2D eigenvalue weighted by Gasteiger charge is -2.53. The van der Waals surface area contributed by atoms with Gasteiger partial charge in [-0.3, -0.25) is 0 Å². The number of hydrogen-bond donors (Lipinski definition) is 0. The van der Waals surface area contributed by atoms with Gasteiger partial charge < -0.3 is 4.90 Å². The molecule has 0 aromatic heterocycles. The van der Waals surface area contributed by atoms with Crippen LogP contribution < -0.4 is 0 Å². The quantitative estimate of drug-likeness (QED) is 0.666. The molecule has 0 saturated carbocycles. The zero-order chi connectivity index (χ0) is 12.2. The fourth-order valence-electron chi connectivity index (χ4n) is 3.80. The molecule has 0 spiro atoms. The van der Waals surface area contributed by atoms with E-state index in [-0.39, 0.29) is 11.2 Å². The molecular weight excluding hydrogens is 213 g/mol. The Morgan fingerprint density at radius 2 is 2.18 bits per heavy atom. The first-order chi connectivity index (χ1) is 8.02. The zero-order valence-corrected chi connectivity index (χ0v) is 10.8. The van der Waals surface area contributed by atoms with Crippen molar-refractivity contribution in [3.8, 4) is 0 Å². The van der Waals surface area contributed by atoms with E-state index in [1.54, 1.807) is 12.1 Å². The molecule has 92 valence electrons. The Hall–Kier alpha value is -0.890. The molecule has 1 unspecified atom stereocenters. The maximum absolute atomic E-state index is 13.5. The predicted octanol–water partition coefficient (Wildman–Crippen LogP) is 2.98. The fourth-order valence-corrected chi connectivity index (χ4v) is 3.80. The van der Waals surface area contributed by atoms with Gasteiger partial charge in [0.25, 0.3) is 0 Å². The van der Waals surface area contributed by atoms with Crippen molar-refractivity contribution < 1.29 is 4.39 Å². The lowest BCUT2D eigenvalue weighted by molar-refractivity contribution is 0.0505. The van der Waals surface area contributed by atoms with Crippen LogP contribution in [0.15, 0.2) is 18.2 Å². The van der Waals surface area contributed by atoms with Gasteiger partial charge in [-0.25, -0.2) is 4.39 Å². The number of rotatable bonds is 0. The first-order valence-electron chi connectivity index (χ1n) is 6.51. The summed E-state index contributed by atoms with van der Waals surface area (Å²) in [6.45, 7) is 5.77. The second-order valence-electron chi connectivity index (χ2n) is 6.01. The third-order valence-electron chi connectivity index (χ3n) is 5.25. The molecule has 2 heteroatoms. The van der Waals surface area contributed by atoms with Gasteiger partial charge in [-0.2, -0.15) is 0 Å². The minimum Gasteiger partial charge on any atom is -0.303 e. The Labute approximate surface area is 103 Å². The number of benzene rings is 1. The van der Waals surface area contributed by atoms with Crippen molar-refractivity contribution in [2.24, 2.45) is 5.92 Å². The molecule has 1 aromatic carbocycles. The van der Waals surface area contributed by atoms with Crippen LogP contribution in [0.1, 0.15) is 31.4 Å². The van der Waals surface area contributed by atoms with Crippen LogP contribution in [-0.2, 0) is 11.8 Å². The monoisotopic (exact) mass is 233 g/mol. The van der Waals surface area contributed by atoms with Crippen LogP contribution in [0, 0.1) is 11.7 Å². The van der Waals surface area contributed by atoms with E-state index in [0.29, 0.717) is 12.0 Å². The van der Waals surface area contributed by atoms with Crippen molar-refractivity contribution in [1.82, 2.24) is 4.90 Å². The van der Waals surface area contributed by atoms with Crippen molar-refractivity contribution in [2.45, 2.75) is 38.1 Å². The third-order valence-corrected chi connectivity index (χ3v) is 5.25. The molecule has 0 N–H and O–H groups in total. The summed E-state index contributed by atoms with van der Waals surface area (Å²) in [4.78, 5) is 2.47. The molecule has 1 saturated heterocycles. The average Bonchev–Trinajstić information content (AvgIpc) is 2.30. The molecular formula is C15H20FN. The van der Waals surface area contributed by atoms with E-state index < -0.39 is 0 Å². The van der Waals surface area contributed by atoms with E-state index in [9.17, 15) is 4.39 Å². The van der Waals surface area contributed by atoms with E-state index in [1.165, 1.54) is 11.1 Å². The number of nitrogens with zero attached hydrogens (tertiary/aromatic N) is 1. The highest BCUT2D eigenvalue weighted by atomic mass is 19.1. The first-order valence-corrected chi connectivity index (χ1v) is 6.51. The van der Waals surface area contributed by atoms with Crippen molar-refractivity contribution >= 4 is 0 Å². The van der Waals surface area contributed by atoms with Crippen LogP contribution in [-0.4, -0.2) is 24.5 Å². The molecule has 1 heterocycles. The van der Waals surface area contributed by atoms with Crippen LogP contribution in [0.4, 0.5) is 4.39 Å². The van der Waals surface area contributed by atoms with E-state index >= 15 is 0 Å². The molecule has 1 fully saturated rings. The van der Waals surface area contributed by atoms with Crippen LogP contribution in [0.3, 0.4) is 0 Å². The third kappa shape index (κ3) is 1.46. The Morgan fingerprint density at radius 3 is 2.94 bits per heavy atom. The highest BCUT2D eigenvalue weighted by Gasteiger charge is 2.47. The van der Waals surface area contributed by atoms with Crippen molar-refractivity contribution in [3.05, 3.63) is 35.1 Å². The fraction of sp³-hybridized carbons (Fsp3) is 0.600. The van der Waals surface area contributed by atoms with E-state index in [1.807, 2.05) is 6.07 Å². The van der Waals surface area contributed by atoms with Crippen LogP contribution in [0.5, 0.6) is 0 Å². The second kappa shape index (κ2) is 3.55. The highest BCUT2D eigenvalue weighted by Crippen LogP contribution is 2.48. The molecule has 1 aromatic rings. The maximum Gasteiger partial charge on any atom is 0.123 e. The van der Waals surface area contributed by atoms with Gasteiger partial charge in [0.05, 0.1) is 0 Å². The molecule has 0 amide bonds. The summed E-state index contributed by atoms with van der Waals surface area (Å²) in [6, 6.07) is 5.98. The van der Waals surface area contributed by atoms with Crippen molar-refractivity contribution in [3.63, 3.8) is 0 Å². The summed E-state index contributed by atoms with van der Waals surface area (Å²) in [5.41, 5.74) is 2.77. The number of fused-ring (bicyclic) bond motifs is 4. The van der Waals surface area contributed by atoms with Crippen LogP contribution in [0.2, 0.25) is 0 Å². The summed E-state index contributed by atoms with van der Waals surface area (Å²) in [5.74, 6) is 0.519. The zero-order valence-electron chi connectivity index (χ0n) is 10.8. The van der Waals surface area contributed by atoms with Gasteiger partial charge in [0.2, 0.25) is 0 Å². The molecule has 17 heavy (non-hydrogen) atoms. The first kappa shape index (κ1) is 11.2. The molecule has 0 radical (unpaired) electrons. The van der Waals surface area contributed by atoms with Gasteiger partial charge in [0, 0.05) is 6.04 Å². The number of piperidine rings is 1. The van der Waals surface area contributed by atoms with Gasteiger partial charge in [-0.15, -0.1) is 0 Å². The van der Waals surface area contributed by atoms with E-state index in [2.05, 4.69) is 25.8 Å². The van der Waals surface area contributed by atoms with Gasteiger partial charge in [0.15, 0.2) is 0 Å². The molecule has 3 rings (SSSR count). The van der Waals surface area contributed by atoms with Gasteiger partial charge in [0.1, 0.15) is 5.82 Å². The standard InChI is InChI=1S/C15H20FN/c1-10-14-8-11-4-5-12(16)9-13(11)15(10,2)6-7-17(14)3/h4-5,9-10,14H,6-8H2,1-3H3/t10?,14-,15+/m0/s1. The smallest absolute Gasteiger partial charge is 0.123 e. The van der Waals surface area contributed by atoms with Crippen molar-refractivity contribution in [1.29, 1.82) is 0 Å². The normalized spacial score (nSPS) is 36.7. The Bertz CT molecular complexity index is 456. The van der Waals surface area contributed by atoms with E-state index in [4.69, 9.17) is 0 Å². The second-order valence-corrected chi connectivity index (χ2v) is 6.01. The summed E-state index contributed by atoms with van der Waals surface area (Å²) in [6.07, 6.45) is 2.21. The minimum atomic E-state index is -0.0884. The summed E-state index contributed by atoms with van der Waals surface area (Å²) < 4.78 is 13.5. The Balaban J connectivity index is 2.16. The Morgan fingerprint density at radius 1 is 1.41 bits per heavy atom. The maximum atomic E-state index is 13.5. The van der Waals surface area contributed by atoms with Gasteiger partial charge >= 0.3 is 0 Å². The van der Waals surface area contributed by atoms with Gasteiger partial charge in [-0.1, -0.05) is 19.9 Å². The van der Waals surface area contributed by atoms with E-state index in [0.717, 1.165) is 19.4 Å². The molecule has 2 bridgehead atoms. The molecule has 3 atom stereocenters. The topological polar surface area (TPSA) is 3.24 Å². The molecule has 1 nitrogen and oxygen atoms in total. The predicted molar refractivity (Wildman–Crippen MR) is 67.7 cm³/mol. The largest absolute Gasteiger partial charge is 0.303 e. The summed E-state index contributed by atoms with van der Waals surface area (Å²) >= 11 is 0. The van der Waals surface area contributed by atoms with Crippen molar-refractivity contribution in [2.75, 3.05) is 13.6 Å². The summed E-state index contributed by atoms with van der Waals surface area (Å²) in [7, 11) is 2.22. The SMILES string of the molecule is CC1[C@@H]2Cc3ccc(F)cc3[C@]1(C)CCN2C. The van der Waals surface area contributed by atoms with Crippen LogP contribution in [0.25, 0.3) is 0 Å². The molecule has 1 aliphatic heterocycles. The average molecular weight is 233 g/mol. The molecule has 1 aliphatic carbocycles. The lowest BCUT2D eigenvalue weighted by atomic mass is 9.59. The Kier molecular flexibility index (Phi) is 2.34. The summed E-state index contributed by atoms with van der Waals surface area (Å²) in [5, 5.41) is 0.